The zero-order valence-corrected chi connectivity index (χ0v) is 13.7. The van der Waals surface area contributed by atoms with Crippen molar-refractivity contribution in [1.82, 2.24) is 9.27 Å². The highest BCUT2D eigenvalue weighted by atomic mass is 32.1. The lowest BCUT2D eigenvalue weighted by molar-refractivity contribution is 0.0883. The highest BCUT2D eigenvalue weighted by molar-refractivity contribution is 7.11. The molecule has 0 aliphatic heterocycles. The summed E-state index contributed by atoms with van der Waals surface area (Å²) >= 11 is 1.37. The first-order valence-corrected chi connectivity index (χ1v) is 7.96. The molecular weight excluding hydrogens is 272 g/mol. The van der Waals surface area contributed by atoms with Crippen molar-refractivity contribution in [1.29, 1.82) is 0 Å². The largest absolute Gasteiger partial charge is 0.490 e. The molecule has 1 aliphatic rings. The summed E-state index contributed by atoms with van der Waals surface area (Å²) in [6.45, 7) is 3.25. The molecule has 1 heterocycles. The van der Waals surface area contributed by atoms with Crippen LogP contribution in [0.2, 0.25) is 0 Å². The molecule has 6 heteroatoms. The maximum absolute atomic E-state index is 5.80. The van der Waals surface area contributed by atoms with Crippen molar-refractivity contribution < 1.29 is 4.74 Å². The van der Waals surface area contributed by atoms with E-state index in [1.807, 2.05) is 0 Å². The Bertz CT molecular complexity index is 448. The third-order valence-electron chi connectivity index (χ3n) is 4.47. The van der Waals surface area contributed by atoms with Crippen molar-refractivity contribution in [2.24, 2.45) is 5.92 Å². The number of nitrogen functional groups attached to an aromatic ring is 1. The van der Waals surface area contributed by atoms with Crippen molar-refractivity contribution in [2.75, 3.05) is 38.8 Å². The van der Waals surface area contributed by atoms with Crippen LogP contribution in [-0.2, 0) is 0 Å². The van der Waals surface area contributed by atoms with E-state index in [0.717, 1.165) is 17.5 Å². The number of nitrogens with two attached hydrogens (primary N) is 1. The maximum Gasteiger partial charge on any atom is 0.197 e. The molecule has 0 saturated heterocycles. The Morgan fingerprint density at radius 2 is 2.30 bits per heavy atom. The van der Waals surface area contributed by atoms with Crippen LogP contribution in [0.3, 0.4) is 0 Å². The van der Waals surface area contributed by atoms with Crippen LogP contribution in [0.5, 0.6) is 5.75 Å². The van der Waals surface area contributed by atoms with E-state index >= 15 is 0 Å². The predicted molar refractivity (Wildman–Crippen MR) is 85.6 cm³/mol. The van der Waals surface area contributed by atoms with Crippen LogP contribution in [0, 0.1) is 5.92 Å². The predicted octanol–water partition coefficient (Wildman–Crippen LogP) is 2.66. The summed E-state index contributed by atoms with van der Waals surface area (Å²) in [5.41, 5.74) is 6.01. The second kappa shape index (κ2) is 6.18. The third kappa shape index (κ3) is 3.01. The number of nitrogens with one attached hydrogen (secondary N) is 1. The van der Waals surface area contributed by atoms with Crippen LogP contribution >= 0.6 is 11.5 Å². The van der Waals surface area contributed by atoms with Crippen LogP contribution in [-0.4, -0.2) is 42.6 Å². The summed E-state index contributed by atoms with van der Waals surface area (Å²) < 4.78 is 9.47. The SMILES string of the molecule is COc1c(N)nsc1NCC1(N(C)C)CCCC(C)C1. The second-order valence-electron chi connectivity index (χ2n) is 6.10. The van der Waals surface area contributed by atoms with Crippen molar-refractivity contribution in [3.05, 3.63) is 0 Å². The first kappa shape index (κ1) is 15.4. The van der Waals surface area contributed by atoms with Crippen LogP contribution in [0.25, 0.3) is 0 Å². The van der Waals surface area contributed by atoms with Crippen molar-refractivity contribution in [3.63, 3.8) is 0 Å². The second-order valence-corrected chi connectivity index (χ2v) is 6.88. The van der Waals surface area contributed by atoms with E-state index in [0.29, 0.717) is 11.6 Å². The zero-order valence-electron chi connectivity index (χ0n) is 12.9. The van der Waals surface area contributed by atoms with Gasteiger partial charge in [-0.15, -0.1) is 0 Å². The van der Waals surface area contributed by atoms with Crippen molar-refractivity contribution in [3.8, 4) is 5.75 Å². The highest BCUT2D eigenvalue weighted by Gasteiger charge is 2.37. The number of hydrogen-bond acceptors (Lipinski definition) is 6. The number of methoxy groups -OCH3 is 1. The number of nitrogens with zero attached hydrogens (tertiary/aromatic N) is 2. The van der Waals surface area contributed by atoms with Gasteiger partial charge in [0.1, 0.15) is 0 Å². The van der Waals surface area contributed by atoms with Gasteiger partial charge in [-0.25, -0.2) is 0 Å². The average Bonchev–Trinajstić information content (AvgIpc) is 2.76. The molecule has 1 aromatic heterocycles. The molecule has 0 aromatic carbocycles. The Kier molecular flexibility index (Phi) is 4.75. The first-order chi connectivity index (χ1) is 9.48. The fourth-order valence-electron chi connectivity index (χ4n) is 3.21. The number of hydrogen-bond donors (Lipinski definition) is 2. The Morgan fingerprint density at radius 3 is 2.90 bits per heavy atom. The lowest BCUT2D eigenvalue weighted by Gasteiger charge is -2.45. The Hall–Kier alpha value is -1.01. The minimum absolute atomic E-state index is 0.210. The Morgan fingerprint density at radius 1 is 1.55 bits per heavy atom. The molecule has 2 atom stereocenters. The lowest BCUT2D eigenvalue weighted by Crippen LogP contribution is -2.52. The summed E-state index contributed by atoms with van der Waals surface area (Å²) in [5, 5.41) is 4.44. The van der Waals surface area contributed by atoms with Gasteiger partial charge in [0, 0.05) is 12.1 Å². The van der Waals surface area contributed by atoms with Gasteiger partial charge in [-0.05, 0) is 44.4 Å². The number of rotatable bonds is 5. The summed E-state index contributed by atoms with van der Waals surface area (Å²) in [6, 6.07) is 0. The molecule has 0 amide bonds. The first-order valence-electron chi connectivity index (χ1n) is 7.19. The number of likely N-dealkylation sites (N-methyl/N-ethyl adjacent to an activating group) is 1. The van der Waals surface area contributed by atoms with E-state index in [1.165, 1.54) is 37.2 Å². The lowest BCUT2D eigenvalue weighted by atomic mass is 9.75. The molecule has 2 unspecified atom stereocenters. The molecule has 1 aliphatic carbocycles. The minimum Gasteiger partial charge on any atom is -0.490 e. The molecular formula is C14H26N4OS. The van der Waals surface area contributed by atoms with E-state index in [-0.39, 0.29) is 5.54 Å². The normalized spacial score (nSPS) is 26.8. The fourth-order valence-corrected chi connectivity index (χ4v) is 3.89. The average molecular weight is 298 g/mol. The molecule has 114 valence electrons. The smallest absolute Gasteiger partial charge is 0.197 e. The molecule has 2 rings (SSSR count). The summed E-state index contributed by atoms with van der Waals surface area (Å²) in [5.74, 6) is 1.92. The molecule has 1 saturated carbocycles. The van der Waals surface area contributed by atoms with E-state index in [1.54, 1.807) is 7.11 Å². The van der Waals surface area contributed by atoms with Gasteiger partial charge in [0.25, 0.3) is 0 Å². The van der Waals surface area contributed by atoms with Crippen molar-refractivity contribution >= 4 is 22.4 Å². The molecule has 1 aromatic rings. The summed E-state index contributed by atoms with van der Waals surface area (Å²) in [7, 11) is 5.99. The van der Waals surface area contributed by atoms with Gasteiger partial charge in [0.15, 0.2) is 16.6 Å². The van der Waals surface area contributed by atoms with Gasteiger partial charge in [-0.2, -0.15) is 4.37 Å². The van der Waals surface area contributed by atoms with Crippen LogP contribution in [0.4, 0.5) is 10.8 Å². The fraction of sp³-hybridized carbons (Fsp3) is 0.786. The van der Waals surface area contributed by atoms with E-state index in [2.05, 4.69) is 35.6 Å². The molecule has 0 spiro atoms. The van der Waals surface area contributed by atoms with Gasteiger partial charge < -0.3 is 20.7 Å². The van der Waals surface area contributed by atoms with Crippen molar-refractivity contribution in [2.45, 2.75) is 38.1 Å². The standard InChI is InChI=1S/C14H26N4OS/c1-10-6-5-7-14(8-10,18(2)3)9-16-13-11(19-4)12(15)17-20-13/h10,16H,5-9H2,1-4H3,(H2,15,17). The van der Waals surface area contributed by atoms with Crippen LogP contribution in [0.1, 0.15) is 32.6 Å². The topological polar surface area (TPSA) is 63.4 Å². The van der Waals surface area contributed by atoms with E-state index in [4.69, 9.17) is 10.5 Å². The highest BCUT2D eigenvalue weighted by Crippen LogP contribution is 2.39. The molecule has 0 bridgehead atoms. The Labute approximate surface area is 125 Å². The molecule has 5 nitrogen and oxygen atoms in total. The van der Waals surface area contributed by atoms with Gasteiger partial charge in [0.05, 0.1) is 7.11 Å². The summed E-state index contributed by atoms with van der Waals surface area (Å²) in [6.07, 6.45) is 5.09. The zero-order chi connectivity index (χ0) is 14.8. The minimum atomic E-state index is 0.210. The monoisotopic (exact) mass is 298 g/mol. The van der Waals surface area contributed by atoms with Crippen LogP contribution < -0.4 is 15.8 Å². The van der Waals surface area contributed by atoms with Gasteiger partial charge in [-0.1, -0.05) is 19.8 Å². The molecule has 20 heavy (non-hydrogen) atoms. The molecule has 1 fully saturated rings. The summed E-state index contributed by atoms with van der Waals surface area (Å²) in [4.78, 5) is 2.37. The van der Waals surface area contributed by atoms with Gasteiger partial charge in [0.2, 0.25) is 0 Å². The number of aromatic nitrogens is 1. The Balaban J connectivity index is 2.09. The molecule has 0 radical (unpaired) electrons. The maximum atomic E-state index is 5.80. The number of ether oxygens (including phenoxy) is 1. The van der Waals surface area contributed by atoms with E-state index < -0.39 is 0 Å². The number of anilines is 2. The van der Waals surface area contributed by atoms with E-state index in [9.17, 15) is 0 Å². The third-order valence-corrected chi connectivity index (χ3v) is 5.27. The molecule has 3 N–H and O–H groups in total. The van der Waals surface area contributed by atoms with Gasteiger partial charge >= 0.3 is 0 Å². The van der Waals surface area contributed by atoms with Gasteiger partial charge in [-0.3, -0.25) is 0 Å². The van der Waals surface area contributed by atoms with Crippen LogP contribution in [0.15, 0.2) is 0 Å². The quantitative estimate of drug-likeness (QED) is 0.875.